The average molecular weight is 368 g/mol. The molecule has 0 atom stereocenters. The molecule has 0 radical (unpaired) electrons. The van der Waals surface area contributed by atoms with Crippen molar-refractivity contribution >= 4 is 34.0 Å². The lowest BCUT2D eigenvalue weighted by atomic mass is 10.3. The number of halogens is 1. The third kappa shape index (κ3) is 3.26. The molecule has 24 heavy (non-hydrogen) atoms. The minimum Gasteiger partial charge on any atom is -0.493 e. The fraction of sp³-hybridized carbons (Fsp3) is 0.167. The lowest BCUT2D eigenvalue weighted by Gasteiger charge is -2.06. The Bertz CT molecular complexity index is 881. The highest BCUT2D eigenvalue weighted by molar-refractivity contribution is 7.17. The number of methoxy groups -OCH3 is 2. The van der Waals surface area contributed by atoms with Crippen LogP contribution in [0.1, 0.15) is 10.5 Å². The molecule has 0 bridgehead atoms. The van der Waals surface area contributed by atoms with Gasteiger partial charge in [0, 0.05) is 6.07 Å². The second-order valence-electron chi connectivity index (χ2n) is 4.26. The Morgan fingerprint density at radius 3 is 2.83 bits per heavy atom. The number of aromatic nitrogens is 6. The van der Waals surface area contributed by atoms with Gasteiger partial charge in [-0.3, -0.25) is 10.1 Å². The van der Waals surface area contributed by atoms with E-state index in [1.807, 2.05) is 0 Å². The van der Waals surface area contributed by atoms with E-state index >= 15 is 0 Å². The standard InChI is InChI=1S/C12H10ClN7O3S/c1-22-8-4-14-9(13)3-7(8)20-5-6(16-19-20)10(21)15-11-17-18-12(23-2)24-11/h3-5H,1-2H3,(H,15,17,21). The summed E-state index contributed by atoms with van der Waals surface area (Å²) in [5.41, 5.74) is 0.584. The quantitative estimate of drug-likeness (QED) is 0.673. The van der Waals surface area contributed by atoms with Gasteiger partial charge in [-0.2, -0.15) is 0 Å². The Kier molecular flexibility index (Phi) is 4.53. The molecule has 0 aliphatic heterocycles. The third-order valence-corrected chi connectivity index (χ3v) is 3.81. The van der Waals surface area contributed by atoms with E-state index < -0.39 is 5.91 Å². The maximum Gasteiger partial charge on any atom is 0.295 e. The largest absolute Gasteiger partial charge is 0.493 e. The Balaban J connectivity index is 1.82. The van der Waals surface area contributed by atoms with Gasteiger partial charge in [-0.05, 0) is 11.3 Å². The van der Waals surface area contributed by atoms with Crippen LogP contribution in [0.2, 0.25) is 5.15 Å². The summed E-state index contributed by atoms with van der Waals surface area (Å²) in [7, 11) is 2.95. The zero-order valence-electron chi connectivity index (χ0n) is 12.4. The van der Waals surface area contributed by atoms with Crippen molar-refractivity contribution in [2.75, 3.05) is 19.5 Å². The molecule has 0 aliphatic carbocycles. The van der Waals surface area contributed by atoms with Crippen molar-refractivity contribution in [1.82, 2.24) is 30.2 Å². The van der Waals surface area contributed by atoms with E-state index in [1.54, 1.807) is 6.07 Å². The molecule has 10 nitrogen and oxygen atoms in total. The summed E-state index contributed by atoms with van der Waals surface area (Å²) >= 11 is 6.97. The number of carbonyl (C=O) groups is 1. The van der Waals surface area contributed by atoms with Gasteiger partial charge in [-0.25, -0.2) is 9.67 Å². The van der Waals surface area contributed by atoms with Crippen LogP contribution in [0.4, 0.5) is 5.13 Å². The Morgan fingerprint density at radius 1 is 1.29 bits per heavy atom. The van der Waals surface area contributed by atoms with Crippen LogP contribution in [0, 0.1) is 0 Å². The van der Waals surface area contributed by atoms with Crippen LogP contribution in [-0.4, -0.2) is 50.3 Å². The molecule has 0 aromatic carbocycles. The highest BCUT2D eigenvalue weighted by atomic mass is 35.5. The number of nitrogens with zero attached hydrogens (tertiary/aromatic N) is 6. The molecule has 3 aromatic rings. The van der Waals surface area contributed by atoms with Gasteiger partial charge in [0.2, 0.25) is 5.13 Å². The molecule has 0 unspecified atom stereocenters. The van der Waals surface area contributed by atoms with E-state index in [2.05, 4.69) is 30.8 Å². The summed E-state index contributed by atoms with van der Waals surface area (Å²) in [6.07, 6.45) is 2.88. The molecule has 0 fully saturated rings. The van der Waals surface area contributed by atoms with Gasteiger partial charge in [0.1, 0.15) is 10.8 Å². The van der Waals surface area contributed by atoms with Crippen LogP contribution < -0.4 is 14.8 Å². The molecule has 1 amide bonds. The van der Waals surface area contributed by atoms with Crippen molar-refractivity contribution < 1.29 is 14.3 Å². The predicted octanol–water partition coefficient (Wildman–Crippen LogP) is 1.44. The van der Waals surface area contributed by atoms with Crippen LogP contribution in [0.3, 0.4) is 0 Å². The molecule has 0 spiro atoms. The molecule has 12 heteroatoms. The summed E-state index contributed by atoms with van der Waals surface area (Å²) in [5.74, 6) is -0.0516. The van der Waals surface area contributed by atoms with Crippen molar-refractivity contribution in [3.8, 4) is 16.6 Å². The number of pyridine rings is 1. The van der Waals surface area contributed by atoms with E-state index in [-0.39, 0.29) is 16.0 Å². The van der Waals surface area contributed by atoms with Crippen LogP contribution >= 0.6 is 22.9 Å². The predicted molar refractivity (Wildman–Crippen MR) is 85.1 cm³/mol. The minimum absolute atomic E-state index is 0.0826. The van der Waals surface area contributed by atoms with Crippen LogP contribution in [0.5, 0.6) is 10.9 Å². The van der Waals surface area contributed by atoms with E-state index in [9.17, 15) is 4.79 Å². The van der Waals surface area contributed by atoms with Crippen LogP contribution in [-0.2, 0) is 0 Å². The van der Waals surface area contributed by atoms with Gasteiger partial charge in [0.05, 0.1) is 26.6 Å². The summed E-state index contributed by atoms with van der Waals surface area (Å²) in [4.78, 5) is 16.1. The molecule has 124 valence electrons. The molecular weight excluding hydrogens is 358 g/mol. The Labute approximate surface area is 144 Å². The first-order valence-corrected chi connectivity index (χ1v) is 7.61. The van der Waals surface area contributed by atoms with Gasteiger partial charge in [-0.1, -0.05) is 21.9 Å². The van der Waals surface area contributed by atoms with E-state index in [0.29, 0.717) is 16.6 Å². The summed E-state index contributed by atoms with van der Waals surface area (Å²) < 4.78 is 11.5. The smallest absolute Gasteiger partial charge is 0.295 e. The second kappa shape index (κ2) is 6.76. The first-order valence-electron chi connectivity index (χ1n) is 6.42. The average Bonchev–Trinajstić information content (AvgIpc) is 3.24. The number of hydrogen-bond donors (Lipinski definition) is 1. The number of hydrogen-bond acceptors (Lipinski definition) is 9. The van der Waals surface area contributed by atoms with Crippen molar-refractivity contribution in [3.05, 3.63) is 29.3 Å². The van der Waals surface area contributed by atoms with Gasteiger partial charge >= 0.3 is 0 Å². The first-order chi connectivity index (χ1) is 11.6. The molecule has 3 aromatic heterocycles. The maximum atomic E-state index is 12.2. The van der Waals surface area contributed by atoms with Crippen molar-refractivity contribution in [2.24, 2.45) is 0 Å². The monoisotopic (exact) mass is 367 g/mol. The zero-order valence-corrected chi connectivity index (χ0v) is 14.0. The molecule has 3 rings (SSSR count). The molecule has 1 N–H and O–H groups in total. The lowest BCUT2D eigenvalue weighted by molar-refractivity contribution is 0.102. The molecule has 3 heterocycles. The molecule has 0 aliphatic rings. The third-order valence-electron chi connectivity index (χ3n) is 2.81. The SMILES string of the molecule is COc1nnc(NC(=O)c2cn(-c3cc(Cl)ncc3OC)nn2)s1. The van der Waals surface area contributed by atoms with Crippen LogP contribution in [0.25, 0.3) is 5.69 Å². The van der Waals surface area contributed by atoms with Crippen molar-refractivity contribution in [3.63, 3.8) is 0 Å². The topological polar surface area (TPSA) is 117 Å². The van der Waals surface area contributed by atoms with E-state index in [0.717, 1.165) is 11.3 Å². The fourth-order valence-corrected chi connectivity index (χ4v) is 2.44. The molecule has 0 saturated heterocycles. The van der Waals surface area contributed by atoms with Crippen molar-refractivity contribution in [2.45, 2.75) is 0 Å². The lowest BCUT2D eigenvalue weighted by Crippen LogP contribution is -2.12. The molecular formula is C12H10ClN7O3S. The highest BCUT2D eigenvalue weighted by Crippen LogP contribution is 2.24. The van der Waals surface area contributed by atoms with Gasteiger partial charge in [0.15, 0.2) is 11.4 Å². The number of amides is 1. The summed E-state index contributed by atoms with van der Waals surface area (Å²) in [5, 5.41) is 18.7. The Morgan fingerprint density at radius 2 is 2.12 bits per heavy atom. The van der Waals surface area contributed by atoms with E-state index in [4.69, 9.17) is 21.1 Å². The number of ether oxygens (including phenoxy) is 2. The van der Waals surface area contributed by atoms with Crippen molar-refractivity contribution in [1.29, 1.82) is 0 Å². The second-order valence-corrected chi connectivity index (χ2v) is 5.59. The van der Waals surface area contributed by atoms with Gasteiger partial charge < -0.3 is 9.47 Å². The fourth-order valence-electron chi connectivity index (χ4n) is 1.73. The summed E-state index contributed by atoms with van der Waals surface area (Å²) in [6.45, 7) is 0. The first kappa shape index (κ1) is 16.1. The normalized spacial score (nSPS) is 10.5. The number of nitrogens with one attached hydrogen (secondary N) is 1. The minimum atomic E-state index is -0.487. The highest BCUT2D eigenvalue weighted by Gasteiger charge is 2.16. The number of carbonyl (C=O) groups excluding carboxylic acids is 1. The summed E-state index contributed by atoms with van der Waals surface area (Å²) in [6, 6.07) is 1.55. The van der Waals surface area contributed by atoms with E-state index in [1.165, 1.54) is 31.3 Å². The number of rotatable bonds is 5. The zero-order chi connectivity index (χ0) is 17.1. The Hall–Kier alpha value is -2.79. The van der Waals surface area contributed by atoms with Gasteiger partial charge in [0.25, 0.3) is 11.1 Å². The molecule has 0 saturated carbocycles. The van der Waals surface area contributed by atoms with Crippen LogP contribution in [0.15, 0.2) is 18.5 Å². The number of anilines is 1. The van der Waals surface area contributed by atoms with Gasteiger partial charge in [-0.15, -0.1) is 10.2 Å². The maximum absolute atomic E-state index is 12.2.